The highest BCUT2D eigenvalue weighted by molar-refractivity contribution is 5.86. The molecule has 3 rings (SSSR count). The number of allylic oxidation sites excluding steroid dienone is 5. The van der Waals surface area contributed by atoms with E-state index < -0.39 is 0 Å². The standard InChI is InChI=1S/C32H43NO/c1-4-6-7-8-9-10-11-12-25-34-31-23-19-29(20-24-31)32(27-15-13-26(3)14-16-27)28-17-21-30(22-18-28)33-5-2/h13-24,26,33H,4-12,25H2,1-3H3. The van der Waals surface area contributed by atoms with E-state index in [1.54, 1.807) is 0 Å². The first-order chi connectivity index (χ1) is 16.7. The topological polar surface area (TPSA) is 21.3 Å². The summed E-state index contributed by atoms with van der Waals surface area (Å²) in [4.78, 5) is 0. The zero-order valence-corrected chi connectivity index (χ0v) is 21.5. The highest BCUT2D eigenvalue weighted by Gasteiger charge is 2.12. The molecule has 2 heteroatoms. The molecule has 0 heterocycles. The molecule has 182 valence electrons. The minimum absolute atomic E-state index is 0.480. The van der Waals surface area contributed by atoms with Crippen molar-refractivity contribution in [2.24, 2.45) is 5.92 Å². The second-order valence-corrected chi connectivity index (χ2v) is 9.36. The Labute approximate surface area is 207 Å². The lowest BCUT2D eigenvalue weighted by molar-refractivity contribution is 0.304. The lowest BCUT2D eigenvalue weighted by Crippen LogP contribution is -1.99. The maximum Gasteiger partial charge on any atom is 0.119 e. The summed E-state index contributed by atoms with van der Waals surface area (Å²) in [5.41, 5.74) is 6.12. The molecule has 0 unspecified atom stereocenters. The number of ether oxygens (including phenoxy) is 1. The minimum Gasteiger partial charge on any atom is -0.494 e. The molecule has 2 aromatic carbocycles. The molecule has 1 aliphatic carbocycles. The number of hydrogen-bond donors (Lipinski definition) is 1. The van der Waals surface area contributed by atoms with Gasteiger partial charge in [0.05, 0.1) is 6.61 Å². The van der Waals surface area contributed by atoms with Crippen LogP contribution in [0.15, 0.2) is 78.4 Å². The number of rotatable bonds is 14. The second-order valence-electron chi connectivity index (χ2n) is 9.36. The predicted octanol–water partition coefficient (Wildman–Crippen LogP) is 9.20. The molecule has 0 radical (unpaired) electrons. The van der Waals surface area contributed by atoms with Crippen molar-refractivity contribution in [1.82, 2.24) is 0 Å². The molecule has 0 atom stereocenters. The van der Waals surface area contributed by atoms with Gasteiger partial charge in [-0.2, -0.15) is 0 Å². The van der Waals surface area contributed by atoms with Gasteiger partial charge in [-0.25, -0.2) is 0 Å². The van der Waals surface area contributed by atoms with Crippen LogP contribution in [0, 0.1) is 5.92 Å². The summed E-state index contributed by atoms with van der Waals surface area (Å²) >= 11 is 0. The number of benzene rings is 2. The molecule has 0 fully saturated rings. The van der Waals surface area contributed by atoms with Crippen LogP contribution in [0.4, 0.5) is 5.69 Å². The van der Waals surface area contributed by atoms with E-state index in [2.05, 4.69) is 98.9 Å². The lowest BCUT2D eigenvalue weighted by atomic mass is 9.89. The molecule has 2 aromatic rings. The summed E-state index contributed by atoms with van der Waals surface area (Å²) in [6.45, 7) is 8.34. The highest BCUT2D eigenvalue weighted by atomic mass is 16.5. The van der Waals surface area contributed by atoms with Crippen molar-refractivity contribution < 1.29 is 4.74 Å². The summed E-state index contributed by atoms with van der Waals surface area (Å²) < 4.78 is 6.04. The van der Waals surface area contributed by atoms with Gasteiger partial charge >= 0.3 is 0 Å². The normalized spacial score (nSPS) is 14.9. The Morgan fingerprint density at radius 3 is 1.88 bits per heavy atom. The predicted molar refractivity (Wildman–Crippen MR) is 149 cm³/mol. The first-order valence-electron chi connectivity index (χ1n) is 13.4. The smallest absolute Gasteiger partial charge is 0.119 e. The zero-order valence-electron chi connectivity index (χ0n) is 21.5. The van der Waals surface area contributed by atoms with Crippen LogP contribution in [0.5, 0.6) is 5.75 Å². The van der Waals surface area contributed by atoms with Crippen LogP contribution in [-0.2, 0) is 0 Å². The van der Waals surface area contributed by atoms with Crippen LogP contribution < -0.4 is 10.1 Å². The first kappa shape index (κ1) is 25.9. The van der Waals surface area contributed by atoms with Gasteiger partial charge in [0, 0.05) is 12.2 Å². The van der Waals surface area contributed by atoms with Crippen LogP contribution in [0.25, 0.3) is 5.57 Å². The molecule has 0 amide bonds. The van der Waals surface area contributed by atoms with Gasteiger partial charge in [-0.3, -0.25) is 0 Å². The van der Waals surface area contributed by atoms with E-state index >= 15 is 0 Å². The largest absolute Gasteiger partial charge is 0.494 e. The third-order valence-corrected chi connectivity index (χ3v) is 6.41. The van der Waals surface area contributed by atoms with Gasteiger partial charge in [-0.1, -0.05) is 107 Å². The Kier molecular flexibility index (Phi) is 11.0. The summed E-state index contributed by atoms with van der Waals surface area (Å²) in [7, 11) is 0. The second kappa shape index (κ2) is 14.5. The van der Waals surface area contributed by atoms with Gasteiger partial charge < -0.3 is 10.1 Å². The molecule has 1 aliphatic rings. The molecular formula is C32H43NO. The number of anilines is 1. The molecule has 1 N–H and O–H groups in total. The summed E-state index contributed by atoms with van der Waals surface area (Å²) in [5, 5.41) is 3.39. The monoisotopic (exact) mass is 457 g/mol. The SMILES string of the molecule is CCCCCCCCCCOc1ccc(C(=C2C=CC(C)C=C2)c2ccc(NCC)cc2)cc1. The Balaban J connectivity index is 1.62. The highest BCUT2D eigenvalue weighted by Crippen LogP contribution is 2.32. The molecule has 2 nitrogen and oxygen atoms in total. The number of hydrogen-bond acceptors (Lipinski definition) is 2. The number of nitrogens with one attached hydrogen (secondary N) is 1. The van der Waals surface area contributed by atoms with Crippen LogP contribution in [0.3, 0.4) is 0 Å². The van der Waals surface area contributed by atoms with E-state index in [9.17, 15) is 0 Å². The molecule has 34 heavy (non-hydrogen) atoms. The Morgan fingerprint density at radius 1 is 0.735 bits per heavy atom. The third-order valence-electron chi connectivity index (χ3n) is 6.41. The zero-order chi connectivity index (χ0) is 24.0. The van der Waals surface area contributed by atoms with Gasteiger partial charge in [0.2, 0.25) is 0 Å². The lowest BCUT2D eigenvalue weighted by Gasteiger charge is -2.16. The van der Waals surface area contributed by atoms with Gasteiger partial charge in [-0.05, 0) is 65.8 Å². The summed E-state index contributed by atoms with van der Waals surface area (Å²) in [5.74, 6) is 1.44. The van der Waals surface area contributed by atoms with E-state index in [1.165, 1.54) is 67.2 Å². The van der Waals surface area contributed by atoms with Crippen LogP contribution in [-0.4, -0.2) is 13.2 Å². The molecule has 0 spiro atoms. The molecule has 0 saturated heterocycles. The summed E-state index contributed by atoms with van der Waals surface area (Å²) in [6.07, 6.45) is 19.6. The third kappa shape index (κ3) is 8.24. The fourth-order valence-corrected chi connectivity index (χ4v) is 4.40. The maximum atomic E-state index is 6.04. The Morgan fingerprint density at radius 2 is 1.29 bits per heavy atom. The van der Waals surface area contributed by atoms with Crippen molar-refractivity contribution in [3.8, 4) is 5.75 Å². The van der Waals surface area contributed by atoms with Crippen molar-refractivity contribution in [3.63, 3.8) is 0 Å². The minimum atomic E-state index is 0.480. The van der Waals surface area contributed by atoms with Crippen molar-refractivity contribution >= 4 is 11.3 Å². The van der Waals surface area contributed by atoms with Gasteiger partial charge in [0.15, 0.2) is 0 Å². The van der Waals surface area contributed by atoms with Gasteiger partial charge in [0.1, 0.15) is 5.75 Å². The fourth-order valence-electron chi connectivity index (χ4n) is 4.40. The molecule has 0 aliphatic heterocycles. The van der Waals surface area contributed by atoms with E-state index in [4.69, 9.17) is 4.74 Å². The van der Waals surface area contributed by atoms with Crippen molar-refractivity contribution in [1.29, 1.82) is 0 Å². The molecular weight excluding hydrogens is 414 g/mol. The average molecular weight is 458 g/mol. The van der Waals surface area contributed by atoms with E-state index in [0.29, 0.717) is 5.92 Å². The average Bonchev–Trinajstić information content (AvgIpc) is 2.86. The van der Waals surface area contributed by atoms with E-state index in [-0.39, 0.29) is 0 Å². The van der Waals surface area contributed by atoms with Crippen molar-refractivity contribution in [2.45, 2.75) is 72.1 Å². The fraction of sp³-hybridized carbons (Fsp3) is 0.438. The Hall–Kier alpha value is -2.74. The molecule has 0 saturated carbocycles. The van der Waals surface area contributed by atoms with Crippen molar-refractivity contribution in [3.05, 3.63) is 89.5 Å². The van der Waals surface area contributed by atoms with E-state index in [0.717, 1.165) is 31.0 Å². The van der Waals surface area contributed by atoms with Crippen molar-refractivity contribution in [2.75, 3.05) is 18.5 Å². The van der Waals surface area contributed by atoms with Crippen LogP contribution >= 0.6 is 0 Å². The van der Waals surface area contributed by atoms with Gasteiger partial charge in [-0.15, -0.1) is 0 Å². The van der Waals surface area contributed by atoms with Crippen LogP contribution in [0.1, 0.15) is 83.3 Å². The number of unbranched alkanes of at least 4 members (excludes halogenated alkanes) is 7. The van der Waals surface area contributed by atoms with E-state index in [1.807, 2.05) is 0 Å². The summed E-state index contributed by atoms with van der Waals surface area (Å²) in [6, 6.07) is 17.4. The Bertz CT molecular complexity index is 918. The quantitative estimate of drug-likeness (QED) is 0.285. The first-order valence-corrected chi connectivity index (χ1v) is 13.4. The maximum absolute atomic E-state index is 6.04. The molecule has 0 bridgehead atoms. The molecule has 0 aromatic heterocycles. The van der Waals surface area contributed by atoms with Gasteiger partial charge in [0.25, 0.3) is 0 Å². The van der Waals surface area contributed by atoms with Crippen LogP contribution in [0.2, 0.25) is 0 Å².